The topological polar surface area (TPSA) is 41.1 Å². The van der Waals surface area contributed by atoms with Crippen molar-refractivity contribution in [3.05, 3.63) is 0 Å². The zero-order chi connectivity index (χ0) is 8.97. The van der Waals surface area contributed by atoms with Crippen molar-refractivity contribution in [2.24, 2.45) is 11.8 Å². The fourth-order valence-corrected chi connectivity index (χ4v) is 1.65. The zero-order valence-electron chi connectivity index (χ0n) is 7.89. The van der Waals surface area contributed by atoms with Crippen molar-refractivity contribution in [1.29, 1.82) is 0 Å². The normalized spacial score (nSPS) is 29.8. The van der Waals surface area contributed by atoms with Gasteiger partial charge in [-0.1, -0.05) is 6.92 Å². The summed E-state index contributed by atoms with van der Waals surface area (Å²) >= 11 is 0. The van der Waals surface area contributed by atoms with Crippen LogP contribution in [0.15, 0.2) is 0 Å². The molecular formula is C9H18N2O. The molecule has 3 nitrogen and oxygen atoms in total. The van der Waals surface area contributed by atoms with E-state index in [-0.39, 0.29) is 11.8 Å². The second kappa shape index (κ2) is 4.45. The number of nitrogens with one attached hydrogen (secondary N) is 2. The summed E-state index contributed by atoms with van der Waals surface area (Å²) in [5, 5.41) is 6.11. The molecule has 3 heteroatoms. The van der Waals surface area contributed by atoms with Gasteiger partial charge in [0.1, 0.15) is 0 Å². The molecule has 2 unspecified atom stereocenters. The molecule has 0 aliphatic carbocycles. The quantitative estimate of drug-likeness (QED) is 0.628. The first kappa shape index (κ1) is 9.52. The molecule has 0 spiro atoms. The first-order chi connectivity index (χ1) is 5.75. The van der Waals surface area contributed by atoms with Gasteiger partial charge in [0.05, 0.1) is 5.92 Å². The van der Waals surface area contributed by atoms with Gasteiger partial charge in [-0.2, -0.15) is 0 Å². The van der Waals surface area contributed by atoms with Crippen molar-refractivity contribution < 1.29 is 4.79 Å². The van der Waals surface area contributed by atoms with E-state index in [1.54, 1.807) is 0 Å². The molecule has 70 valence electrons. The van der Waals surface area contributed by atoms with E-state index < -0.39 is 0 Å². The number of piperidine rings is 1. The van der Waals surface area contributed by atoms with E-state index in [1.807, 2.05) is 6.92 Å². The van der Waals surface area contributed by atoms with E-state index in [9.17, 15) is 4.79 Å². The molecule has 0 aromatic heterocycles. The summed E-state index contributed by atoms with van der Waals surface area (Å²) in [5.41, 5.74) is 0. The van der Waals surface area contributed by atoms with Crippen LogP contribution in [0.3, 0.4) is 0 Å². The fraction of sp³-hybridized carbons (Fsp3) is 0.889. The van der Waals surface area contributed by atoms with E-state index in [1.165, 1.54) is 0 Å². The third kappa shape index (κ3) is 2.21. The summed E-state index contributed by atoms with van der Waals surface area (Å²) in [4.78, 5) is 11.5. The molecule has 1 heterocycles. The number of amides is 1. The third-order valence-corrected chi connectivity index (χ3v) is 2.52. The van der Waals surface area contributed by atoms with Gasteiger partial charge in [-0.3, -0.25) is 4.79 Å². The van der Waals surface area contributed by atoms with Crippen LogP contribution in [0, 0.1) is 11.8 Å². The van der Waals surface area contributed by atoms with Crippen LogP contribution in [-0.2, 0) is 4.79 Å². The zero-order valence-corrected chi connectivity index (χ0v) is 7.89. The molecule has 0 aromatic carbocycles. The van der Waals surface area contributed by atoms with E-state index in [2.05, 4.69) is 17.6 Å². The van der Waals surface area contributed by atoms with Crippen molar-refractivity contribution in [2.75, 3.05) is 19.6 Å². The number of carbonyl (C=O) groups excluding carboxylic acids is 1. The van der Waals surface area contributed by atoms with Gasteiger partial charge in [0.25, 0.3) is 0 Å². The van der Waals surface area contributed by atoms with E-state index >= 15 is 0 Å². The summed E-state index contributed by atoms with van der Waals surface area (Å²) in [6, 6.07) is 0. The minimum Gasteiger partial charge on any atom is -0.356 e. The smallest absolute Gasteiger partial charge is 0.224 e. The lowest BCUT2D eigenvalue weighted by atomic mass is 9.87. The van der Waals surface area contributed by atoms with Crippen molar-refractivity contribution >= 4 is 5.91 Å². The summed E-state index contributed by atoms with van der Waals surface area (Å²) in [5.74, 6) is 0.911. The molecule has 1 amide bonds. The number of rotatable bonds is 2. The van der Waals surface area contributed by atoms with Gasteiger partial charge >= 0.3 is 0 Å². The van der Waals surface area contributed by atoms with E-state index in [4.69, 9.17) is 0 Å². The predicted octanol–water partition coefficient (Wildman–Crippen LogP) is 0.368. The van der Waals surface area contributed by atoms with Gasteiger partial charge in [-0.05, 0) is 25.8 Å². The molecule has 0 bridgehead atoms. The van der Waals surface area contributed by atoms with Crippen LogP contribution in [-0.4, -0.2) is 25.5 Å². The van der Waals surface area contributed by atoms with Gasteiger partial charge in [0, 0.05) is 13.1 Å². The lowest BCUT2D eigenvalue weighted by Gasteiger charge is -2.28. The highest BCUT2D eigenvalue weighted by molar-refractivity contribution is 5.79. The Labute approximate surface area is 73.9 Å². The van der Waals surface area contributed by atoms with Crippen LogP contribution in [0.5, 0.6) is 0 Å². The molecule has 0 aromatic rings. The Hall–Kier alpha value is -0.570. The first-order valence-corrected chi connectivity index (χ1v) is 4.74. The Kier molecular flexibility index (Phi) is 3.53. The molecule has 1 saturated heterocycles. The fourth-order valence-electron chi connectivity index (χ4n) is 1.65. The highest BCUT2D eigenvalue weighted by Gasteiger charge is 2.26. The third-order valence-electron chi connectivity index (χ3n) is 2.52. The van der Waals surface area contributed by atoms with Crippen LogP contribution >= 0.6 is 0 Å². The summed E-state index contributed by atoms with van der Waals surface area (Å²) in [6.45, 7) is 6.74. The number of carbonyl (C=O) groups is 1. The second-order valence-corrected chi connectivity index (χ2v) is 3.47. The van der Waals surface area contributed by atoms with Crippen molar-refractivity contribution in [2.45, 2.75) is 20.3 Å². The van der Waals surface area contributed by atoms with Crippen LogP contribution in [0.25, 0.3) is 0 Å². The van der Waals surface area contributed by atoms with Gasteiger partial charge < -0.3 is 10.6 Å². The van der Waals surface area contributed by atoms with Crippen LogP contribution in [0.2, 0.25) is 0 Å². The van der Waals surface area contributed by atoms with Gasteiger partial charge in [-0.15, -0.1) is 0 Å². The van der Waals surface area contributed by atoms with Gasteiger partial charge in [0.2, 0.25) is 5.91 Å². The summed E-state index contributed by atoms with van der Waals surface area (Å²) in [6.07, 6.45) is 1.11. The maximum absolute atomic E-state index is 11.5. The van der Waals surface area contributed by atoms with E-state index in [0.717, 1.165) is 26.1 Å². The van der Waals surface area contributed by atoms with E-state index in [0.29, 0.717) is 5.92 Å². The Morgan fingerprint density at radius 3 is 3.00 bits per heavy atom. The lowest BCUT2D eigenvalue weighted by molar-refractivity contribution is -0.126. The van der Waals surface area contributed by atoms with Crippen molar-refractivity contribution in [1.82, 2.24) is 10.6 Å². The van der Waals surface area contributed by atoms with Crippen molar-refractivity contribution in [3.8, 4) is 0 Å². The molecule has 1 aliphatic heterocycles. The first-order valence-electron chi connectivity index (χ1n) is 4.74. The van der Waals surface area contributed by atoms with Crippen LogP contribution in [0.4, 0.5) is 0 Å². The highest BCUT2D eigenvalue weighted by atomic mass is 16.1. The number of hydrogen-bond donors (Lipinski definition) is 2. The Bertz CT molecular complexity index is 159. The standard InChI is InChI=1S/C9H18N2O/c1-3-11-9(12)8-6-10-5-4-7(8)2/h7-8,10H,3-6H2,1-2H3,(H,11,12). The average Bonchev–Trinajstić information content (AvgIpc) is 2.05. The van der Waals surface area contributed by atoms with Gasteiger partial charge in [-0.25, -0.2) is 0 Å². The molecule has 1 aliphatic rings. The SMILES string of the molecule is CCNC(=O)C1CNCCC1C. The lowest BCUT2D eigenvalue weighted by Crippen LogP contribution is -2.44. The maximum Gasteiger partial charge on any atom is 0.224 e. The maximum atomic E-state index is 11.5. The molecule has 12 heavy (non-hydrogen) atoms. The monoisotopic (exact) mass is 170 g/mol. The minimum atomic E-state index is 0.179. The molecular weight excluding hydrogens is 152 g/mol. The van der Waals surface area contributed by atoms with Crippen LogP contribution < -0.4 is 10.6 Å². The highest BCUT2D eigenvalue weighted by Crippen LogP contribution is 2.17. The Morgan fingerprint density at radius 2 is 2.42 bits per heavy atom. The summed E-state index contributed by atoms with van der Waals surface area (Å²) < 4.78 is 0. The molecule has 2 N–H and O–H groups in total. The molecule has 1 rings (SSSR count). The molecule has 0 radical (unpaired) electrons. The van der Waals surface area contributed by atoms with Crippen molar-refractivity contribution in [3.63, 3.8) is 0 Å². The largest absolute Gasteiger partial charge is 0.356 e. The summed E-state index contributed by atoms with van der Waals surface area (Å²) in [7, 11) is 0. The number of hydrogen-bond acceptors (Lipinski definition) is 2. The second-order valence-electron chi connectivity index (χ2n) is 3.47. The Balaban J connectivity index is 2.42. The van der Waals surface area contributed by atoms with Gasteiger partial charge in [0.15, 0.2) is 0 Å². The Morgan fingerprint density at radius 1 is 1.67 bits per heavy atom. The minimum absolute atomic E-state index is 0.179. The average molecular weight is 170 g/mol. The molecule has 1 fully saturated rings. The molecule has 2 atom stereocenters. The van der Waals surface area contributed by atoms with Crippen LogP contribution in [0.1, 0.15) is 20.3 Å². The predicted molar refractivity (Wildman–Crippen MR) is 48.8 cm³/mol. The molecule has 0 saturated carbocycles.